The van der Waals surface area contributed by atoms with E-state index in [0.717, 1.165) is 6.07 Å². The van der Waals surface area contributed by atoms with Crippen LogP contribution >= 0.6 is 0 Å². The summed E-state index contributed by atoms with van der Waals surface area (Å²) in [4.78, 5) is 24.5. The van der Waals surface area contributed by atoms with E-state index in [1.54, 1.807) is 0 Å². The normalized spacial score (nSPS) is 14.1. The Morgan fingerprint density at radius 3 is 2.76 bits per heavy atom. The number of amides is 1. The van der Waals surface area contributed by atoms with Crippen molar-refractivity contribution >= 4 is 17.4 Å². The van der Waals surface area contributed by atoms with Gasteiger partial charge in [0.05, 0.1) is 11.3 Å². The summed E-state index contributed by atoms with van der Waals surface area (Å²) in [7, 11) is 0. The molecule has 1 heterocycles. The Labute approximate surface area is 97.5 Å². The van der Waals surface area contributed by atoms with E-state index in [0.29, 0.717) is 5.57 Å². The van der Waals surface area contributed by atoms with Gasteiger partial charge in [0, 0.05) is 13.1 Å². The molecular weight excluding hydrogens is 223 g/mol. The third-order valence-electron chi connectivity index (χ3n) is 2.60. The van der Waals surface area contributed by atoms with Crippen LogP contribution in [0.15, 0.2) is 30.4 Å². The lowest BCUT2D eigenvalue weighted by Crippen LogP contribution is -2.32. The van der Waals surface area contributed by atoms with Crippen LogP contribution in [0.4, 0.5) is 10.1 Å². The average molecular weight is 234 g/mol. The van der Waals surface area contributed by atoms with Crippen molar-refractivity contribution in [2.75, 3.05) is 18.0 Å². The molecule has 0 aromatic heterocycles. The maximum Gasteiger partial charge on any atom is 0.299 e. The number of rotatable bonds is 3. The number of nitrogens with two attached hydrogens (primary N) is 1. The summed E-state index contributed by atoms with van der Waals surface area (Å²) in [5.74, 6) is -1.78. The number of hydrogen-bond acceptors (Lipinski definition) is 3. The summed E-state index contributed by atoms with van der Waals surface area (Å²) in [6, 6.07) is 3.64. The second-order valence-corrected chi connectivity index (χ2v) is 3.84. The maximum absolute atomic E-state index is 13.1. The Balaban J connectivity index is 2.42. The predicted molar refractivity (Wildman–Crippen MR) is 61.3 cm³/mol. The first-order chi connectivity index (χ1) is 8.04. The minimum Gasteiger partial charge on any atom is -0.327 e. The van der Waals surface area contributed by atoms with Gasteiger partial charge in [-0.05, 0) is 23.8 Å². The zero-order valence-corrected chi connectivity index (χ0v) is 9.07. The molecule has 0 radical (unpaired) electrons. The number of carbonyl (C=O) groups excluding carboxylic acids is 2. The smallest absolute Gasteiger partial charge is 0.299 e. The molecule has 0 atom stereocenters. The highest BCUT2D eigenvalue weighted by Gasteiger charge is 2.35. The van der Waals surface area contributed by atoms with Crippen molar-refractivity contribution in [1.29, 1.82) is 0 Å². The van der Waals surface area contributed by atoms with Crippen LogP contribution in [-0.2, 0) is 4.79 Å². The number of benzene rings is 1. The summed E-state index contributed by atoms with van der Waals surface area (Å²) in [6.45, 7) is 4.01. The first kappa shape index (κ1) is 11.5. The van der Waals surface area contributed by atoms with E-state index in [4.69, 9.17) is 5.73 Å². The van der Waals surface area contributed by atoms with Crippen LogP contribution in [0.5, 0.6) is 0 Å². The Morgan fingerprint density at radius 1 is 1.41 bits per heavy atom. The Hall–Kier alpha value is -2.01. The molecule has 88 valence electrons. The Kier molecular flexibility index (Phi) is 2.77. The van der Waals surface area contributed by atoms with E-state index in [1.807, 2.05) is 0 Å². The quantitative estimate of drug-likeness (QED) is 0.623. The highest BCUT2D eigenvalue weighted by atomic mass is 19.1. The molecule has 0 aliphatic carbocycles. The standard InChI is InChI=1S/C12H11FN2O2/c1-7(5-14)6-15-10-4-8(13)2-3-9(10)11(16)12(15)17/h2-4H,1,5-6,14H2. The fourth-order valence-corrected chi connectivity index (χ4v) is 1.71. The molecule has 4 nitrogen and oxygen atoms in total. The van der Waals surface area contributed by atoms with Crippen molar-refractivity contribution < 1.29 is 14.0 Å². The molecule has 0 fully saturated rings. The van der Waals surface area contributed by atoms with Crippen LogP contribution in [0.3, 0.4) is 0 Å². The molecule has 0 spiro atoms. The molecule has 5 heteroatoms. The van der Waals surface area contributed by atoms with E-state index < -0.39 is 17.5 Å². The van der Waals surface area contributed by atoms with Crippen LogP contribution in [0.2, 0.25) is 0 Å². The molecule has 0 unspecified atom stereocenters. The van der Waals surface area contributed by atoms with Crippen molar-refractivity contribution in [1.82, 2.24) is 0 Å². The van der Waals surface area contributed by atoms with Crippen molar-refractivity contribution in [2.24, 2.45) is 5.73 Å². The SMILES string of the molecule is C=C(CN)CN1C(=O)C(=O)c2ccc(F)cc21. The average Bonchev–Trinajstić information content (AvgIpc) is 2.54. The summed E-state index contributed by atoms with van der Waals surface area (Å²) < 4.78 is 13.1. The molecule has 0 saturated carbocycles. The van der Waals surface area contributed by atoms with Crippen molar-refractivity contribution in [3.63, 3.8) is 0 Å². The molecule has 1 aliphatic rings. The molecule has 1 aromatic carbocycles. The summed E-state index contributed by atoms with van der Waals surface area (Å²) in [5, 5.41) is 0. The minimum absolute atomic E-state index is 0.136. The lowest BCUT2D eigenvalue weighted by Gasteiger charge is -2.17. The number of ketones is 1. The van der Waals surface area contributed by atoms with E-state index in [2.05, 4.69) is 6.58 Å². The minimum atomic E-state index is -0.666. The van der Waals surface area contributed by atoms with Crippen LogP contribution in [0, 0.1) is 5.82 Å². The number of fused-ring (bicyclic) bond motifs is 1. The highest BCUT2D eigenvalue weighted by Crippen LogP contribution is 2.29. The Morgan fingerprint density at radius 2 is 2.12 bits per heavy atom. The molecule has 1 aromatic rings. The van der Waals surface area contributed by atoms with Crippen molar-refractivity contribution in [3.05, 3.63) is 41.7 Å². The summed E-state index contributed by atoms with van der Waals surface area (Å²) in [6.07, 6.45) is 0. The van der Waals surface area contributed by atoms with Crippen LogP contribution in [-0.4, -0.2) is 24.8 Å². The maximum atomic E-state index is 13.1. The summed E-state index contributed by atoms with van der Waals surface area (Å²) in [5.41, 5.74) is 6.49. The zero-order valence-electron chi connectivity index (χ0n) is 9.07. The molecule has 2 N–H and O–H groups in total. The van der Waals surface area contributed by atoms with Gasteiger partial charge in [-0.1, -0.05) is 6.58 Å². The van der Waals surface area contributed by atoms with Gasteiger partial charge in [-0.3, -0.25) is 9.59 Å². The topological polar surface area (TPSA) is 63.4 Å². The van der Waals surface area contributed by atoms with E-state index in [9.17, 15) is 14.0 Å². The first-order valence-electron chi connectivity index (χ1n) is 5.07. The van der Waals surface area contributed by atoms with Gasteiger partial charge in [-0.25, -0.2) is 4.39 Å². The van der Waals surface area contributed by atoms with Crippen LogP contribution in [0.1, 0.15) is 10.4 Å². The number of anilines is 1. The number of Topliss-reactive ketones (excluding diaryl/α,β-unsaturated/α-hetero) is 1. The number of carbonyl (C=O) groups is 2. The van der Waals surface area contributed by atoms with Gasteiger partial charge in [0.15, 0.2) is 0 Å². The number of hydrogen-bond donors (Lipinski definition) is 1. The highest BCUT2D eigenvalue weighted by molar-refractivity contribution is 6.52. The summed E-state index contributed by atoms with van der Waals surface area (Å²) >= 11 is 0. The van der Waals surface area contributed by atoms with Gasteiger partial charge < -0.3 is 10.6 Å². The molecule has 0 bridgehead atoms. The van der Waals surface area contributed by atoms with Crippen molar-refractivity contribution in [3.8, 4) is 0 Å². The number of halogens is 1. The number of nitrogens with zero attached hydrogens (tertiary/aromatic N) is 1. The fraction of sp³-hybridized carbons (Fsp3) is 0.167. The molecule has 1 aliphatic heterocycles. The van der Waals surface area contributed by atoms with Crippen LogP contribution in [0.25, 0.3) is 0 Å². The Bertz CT molecular complexity index is 525. The third-order valence-corrected chi connectivity index (χ3v) is 2.60. The second kappa shape index (κ2) is 4.10. The molecule has 17 heavy (non-hydrogen) atoms. The van der Waals surface area contributed by atoms with Gasteiger partial charge in [0.1, 0.15) is 5.82 Å². The fourth-order valence-electron chi connectivity index (χ4n) is 1.71. The third kappa shape index (κ3) is 1.85. The molecular formula is C12H11FN2O2. The second-order valence-electron chi connectivity index (χ2n) is 3.84. The monoisotopic (exact) mass is 234 g/mol. The van der Waals surface area contributed by atoms with Gasteiger partial charge in [0.2, 0.25) is 0 Å². The predicted octanol–water partition coefficient (Wildman–Crippen LogP) is 0.870. The first-order valence-corrected chi connectivity index (χ1v) is 5.07. The van der Waals surface area contributed by atoms with Gasteiger partial charge in [-0.2, -0.15) is 0 Å². The molecule has 2 rings (SSSR count). The van der Waals surface area contributed by atoms with E-state index in [-0.39, 0.29) is 24.3 Å². The lowest BCUT2D eigenvalue weighted by atomic mass is 10.1. The molecule has 1 amide bonds. The van der Waals surface area contributed by atoms with Gasteiger partial charge in [0.25, 0.3) is 11.7 Å². The zero-order chi connectivity index (χ0) is 12.6. The van der Waals surface area contributed by atoms with Crippen molar-refractivity contribution in [2.45, 2.75) is 0 Å². The molecule has 0 saturated heterocycles. The largest absolute Gasteiger partial charge is 0.327 e. The van der Waals surface area contributed by atoms with E-state index >= 15 is 0 Å². The lowest BCUT2D eigenvalue weighted by molar-refractivity contribution is -0.114. The van der Waals surface area contributed by atoms with Crippen LogP contribution < -0.4 is 10.6 Å². The van der Waals surface area contributed by atoms with Gasteiger partial charge >= 0.3 is 0 Å². The van der Waals surface area contributed by atoms with E-state index in [1.165, 1.54) is 17.0 Å². The van der Waals surface area contributed by atoms with Gasteiger partial charge in [-0.15, -0.1) is 0 Å².